The molecule has 1 saturated heterocycles. The van der Waals surface area contributed by atoms with Crippen LogP contribution in [-0.2, 0) is 9.59 Å². The van der Waals surface area contributed by atoms with Crippen LogP contribution in [0.15, 0.2) is 53.0 Å². The molecule has 2 aromatic carbocycles. The molecule has 0 aliphatic carbocycles. The fourth-order valence-electron chi connectivity index (χ4n) is 2.95. The Kier molecular flexibility index (Phi) is 7.06. The maximum Gasteiger partial charge on any atom is 0.269 e. The maximum absolute atomic E-state index is 13.1. The second kappa shape index (κ2) is 9.55. The van der Waals surface area contributed by atoms with Crippen LogP contribution in [-0.4, -0.2) is 40.4 Å². The van der Waals surface area contributed by atoms with Crippen LogP contribution in [0, 0.1) is 0 Å². The Hall–Kier alpha value is -2.49. The SMILES string of the molecule is CCNC(=O)CC1C(=O)N(c2ccc(Cl)cc2)C(=S)N1NC(=O)c1ccc(Br)cc1. The Balaban J connectivity index is 1.89. The number of halogens is 2. The molecule has 0 saturated carbocycles. The highest BCUT2D eigenvalue weighted by atomic mass is 79.9. The monoisotopic (exact) mass is 508 g/mol. The van der Waals surface area contributed by atoms with Gasteiger partial charge in [0, 0.05) is 21.6 Å². The number of benzene rings is 2. The molecule has 0 aromatic heterocycles. The quantitative estimate of drug-likeness (QED) is 0.584. The van der Waals surface area contributed by atoms with Crippen LogP contribution < -0.4 is 15.6 Å². The van der Waals surface area contributed by atoms with E-state index < -0.39 is 17.9 Å². The minimum absolute atomic E-state index is 0.0714. The molecule has 1 aliphatic heterocycles. The fraction of sp³-hybridized carbons (Fsp3) is 0.200. The number of nitrogens with zero attached hydrogens (tertiary/aromatic N) is 2. The summed E-state index contributed by atoms with van der Waals surface area (Å²) in [5, 5.41) is 4.52. The van der Waals surface area contributed by atoms with Crippen molar-refractivity contribution in [3.8, 4) is 0 Å². The first-order valence-corrected chi connectivity index (χ1v) is 10.7. The zero-order valence-corrected chi connectivity index (χ0v) is 19.1. The van der Waals surface area contributed by atoms with Crippen molar-refractivity contribution in [1.29, 1.82) is 0 Å². The van der Waals surface area contributed by atoms with Crippen molar-refractivity contribution < 1.29 is 14.4 Å². The van der Waals surface area contributed by atoms with Gasteiger partial charge in [0.1, 0.15) is 6.04 Å². The van der Waals surface area contributed by atoms with E-state index in [2.05, 4.69) is 26.7 Å². The minimum Gasteiger partial charge on any atom is -0.356 e. The van der Waals surface area contributed by atoms with E-state index in [0.717, 1.165) is 4.47 Å². The molecule has 156 valence electrons. The van der Waals surface area contributed by atoms with Crippen LogP contribution in [0.5, 0.6) is 0 Å². The molecule has 10 heteroatoms. The maximum atomic E-state index is 13.1. The molecule has 0 spiro atoms. The summed E-state index contributed by atoms with van der Waals surface area (Å²) >= 11 is 14.7. The number of carbonyl (C=O) groups excluding carboxylic acids is 3. The van der Waals surface area contributed by atoms with E-state index in [0.29, 0.717) is 22.8 Å². The zero-order chi connectivity index (χ0) is 21.8. The van der Waals surface area contributed by atoms with Gasteiger partial charge >= 0.3 is 0 Å². The van der Waals surface area contributed by atoms with Crippen LogP contribution in [0.1, 0.15) is 23.7 Å². The van der Waals surface area contributed by atoms with E-state index in [9.17, 15) is 14.4 Å². The molecule has 7 nitrogen and oxygen atoms in total. The Labute approximate surface area is 192 Å². The predicted molar refractivity (Wildman–Crippen MR) is 122 cm³/mol. The predicted octanol–water partition coefficient (Wildman–Crippen LogP) is 3.28. The Morgan fingerprint density at radius 2 is 1.77 bits per heavy atom. The molecule has 1 fully saturated rings. The van der Waals surface area contributed by atoms with Gasteiger partial charge in [-0.05, 0) is 67.7 Å². The summed E-state index contributed by atoms with van der Waals surface area (Å²) in [5.74, 6) is -1.18. The highest BCUT2D eigenvalue weighted by molar-refractivity contribution is 9.10. The number of hydrogen-bond donors (Lipinski definition) is 2. The molecule has 1 aliphatic rings. The zero-order valence-electron chi connectivity index (χ0n) is 15.9. The van der Waals surface area contributed by atoms with E-state index >= 15 is 0 Å². The van der Waals surface area contributed by atoms with Gasteiger partial charge in [-0.25, -0.2) is 5.01 Å². The lowest BCUT2D eigenvalue weighted by Gasteiger charge is -2.24. The first-order chi connectivity index (χ1) is 14.3. The van der Waals surface area contributed by atoms with E-state index in [1.54, 1.807) is 55.5 Å². The summed E-state index contributed by atoms with van der Waals surface area (Å²) in [4.78, 5) is 39.4. The summed E-state index contributed by atoms with van der Waals surface area (Å²) in [6.07, 6.45) is -0.155. The van der Waals surface area contributed by atoms with E-state index in [-0.39, 0.29) is 17.4 Å². The molecular weight excluding hydrogens is 492 g/mol. The largest absolute Gasteiger partial charge is 0.356 e. The summed E-state index contributed by atoms with van der Waals surface area (Å²) < 4.78 is 0.828. The Morgan fingerprint density at radius 3 is 2.37 bits per heavy atom. The summed E-state index contributed by atoms with van der Waals surface area (Å²) in [6, 6.07) is 12.3. The van der Waals surface area contributed by atoms with Gasteiger partial charge in [-0.2, -0.15) is 0 Å². The van der Waals surface area contributed by atoms with Gasteiger partial charge in [0.25, 0.3) is 11.8 Å². The average Bonchev–Trinajstić information content (AvgIpc) is 2.93. The van der Waals surface area contributed by atoms with Gasteiger partial charge in [0.05, 0.1) is 12.1 Å². The van der Waals surface area contributed by atoms with Gasteiger partial charge in [-0.1, -0.05) is 27.5 Å². The van der Waals surface area contributed by atoms with Crippen molar-refractivity contribution in [2.24, 2.45) is 0 Å². The standard InChI is InChI=1S/C20H18BrClN4O3S/c1-2-23-17(27)11-16-19(29)25(15-9-7-14(22)8-10-15)20(30)26(16)24-18(28)12-3-5-13(21)6-4-12/h3-10,16H,2,11H2,1H3,(H,23,27)(H,24,28). The van der Waals surface area contributed by atoms with Crippen molar-refractivity contribution >= 4 is 68.3 Å². The highest BCUT2D eigenvalue weighted by Crippen LogP contribution is 2.27. The average molecular weight is 510 g/mol. The molecule has 0 bridgehead atoms. The summed E-state index contributed by atoms with van der Waals surface area (Å²) in [6.45, 7) is 2.21. The molecule has 2 aromatic rings. The third kappa shape index (κ3) is 4.80. The van der Waals surface area contributed by atoms with Crippen LogP contribution in [0.4, 0.5) is 5.69 Å². The van der Waals surface area contributed by atoms with E-state index in [4.69, 9.17) is 23.8 Å². The number of nitrogens with one attached hydrogen (secondary N) is 2. The third-order valence-corrected chi connectivity index (χ3v) is 5.54. The fourth-order valence-corrected chi connectivity index (χ4v) is 3.71. The number of hydrogen-bond acceptors (Lipinski definition) is 4. The molecule has 1 unspecified atom stereocenters. The van der Waals surface area contributed by atoms with Crippen molar-refractivity contribution in [1.82, 2.24) is 15.8 Å². The molecule has 1 heterocycles. The normalized spacial score (nSPS) is 16.0. The van der Waals surface area contributed by atoms with Gasteiger partial charge in [-0.15, -0.1) is 0 Å². The van der Waals surface area contributed by atoms with Gasteiger partial charge in [-0.3, -0.25) is 24.7 Å². The number of carbonyl (C=O) groups is 3. The lowest BCUT2D eigenvalue weighted by Crippen LogP contribution is -2.50. The number of hydrazine groups is 1. The van der Waals surface area contributed by atoms with E-state index in [1.807, 2.05) is 0 Å². The van der Waals surface area contributed by atoms with Crippen LogP contribution in [0.25, 0.3) is 0 Å². The van der Waals surface area contributed by atoms with Crippen molar-refractivity contribution in [2.75, 3.05) is 11.4 Å². The number of thiocarbonyl (C=S) groups is 1. The number of amides is 3. The van der Waals surface area contributed by atoms with Crippen molar-refractivity contribution in [3.05, 3.63) is 63.6 Å². The van der Waals surface area contributed by atoms with Gasteiger partial charge in [0.15, 0.2) is 0 Å². The third-order valence-electron chi connectivity index (χ3n) is 4.38. The second-order valence-electron chi connectivity index (χ2n) is 6.42. The van der Waals surface area contributed by atoms with E-state index in [1.165, 1.54) is 9.91 Å². The molecule has 1 atom stereocenters. The van der Waals surface area contributed by atoms with Gasteiger partial charge < -0.3 is 5.32 Å². The van der Waals surface area contributed by atoms with Gasteiger partial charge in [0.2, 0.25) is 11.0 Å². The molecule has 0 radical (unpaired) electrons. The summed E-state index contributed by atoms with van der Waals surface area (Å²) in [5.41, 5.74) is 3.55. The second-order valence-corrected chi connectivity index (χ2v) is 8.14. The molecule has 3 amide bonds. The number of rotatable bonds is 6. The molecule has 3 rings (SSSR count). The lowest BCUT2D eigenvalue weighted by molar-refractivity contribution is -0.127. The Morgan fingerprint density at radius 1 is 1.13 bits per heavy atom. The first kappa shape index (κ1) is 22.2. The lowest BCUT2D eigenvalue weighted by atomic mass is 10.1. The highest BCUT2D eigenvalue weighted by Gasteiger charge is 2.45. The topological polar surface area (TPSA) is 81.8 Å². The first-order valence-electron chi connectivity index (χ1n) is 9.07. The minimum atomic E-state index is -0.973. The van der Waals surface area contributed by atoms with Crippen molar-refractivity contribution in [3.63, 3.8) is 0 Å². The van der Waals surface area contributed by atoms with Crippen LogP contribution in [0.2, 0.25) is 5.02 Å². The molecule has 30 heavy (non-hydrogen) atoms. The van der Waals surface area contributed by atoms with Crippen LogP contribution >= 0.6 is 39.7 Å². The van der Waals surface area contributed by atoms with Crippen LogP contribution in [0.3, 0.4) is 0 Å². The Bertz CT molecular complexity index is 985. The molecular formula is C20H18BrClN4O3S. The smallest absolute Gasteiger partial charge is 0.269 e. The molecule has 2 N–H and O–H groups in total. The summed E-state index contributed by atoms with van der Waals surface area (Å²) in [7, 11) is 0. The number of anilines is 1. The van der Waals surface area contributed by atoms with Crippen molar-refractivity contribution in [2.45, 2.75) is 19.4 Å².